The quantitative estimate of drug-likeness (QED) is 0.604. The second-order valence-corrected chi connectivity index (χ2v) is 4.79. The van der Waals surface area contributed by atoms with Crippen LogP contribution in [0.4, 0.5) is 17.1 Å². The first kappa shape index (κ1) is 14.8. The Bertz CT molecular complexity index is 597. The molecule has 2 aromatic rings. The summed E-state index contributed by atoms with van der Waals surface area (Å²) in [6.45, 7) is 5.20. The molecule has 0 aliphatic heterocycles. The largest absolute Gasteiger partial charge is 0.380 e. The van der Waals surface area contributed by atoms with Gasteiger partial charge in [-0.3, -0.25) is 10.1 Å². The summed E-state index contributed by atoms with van der Waals surface area (Å²) >= 11 is 0. The van der Waals surface area contributed by atoms with Crippen LogP contribution >= 0.6 is 0 Å². The molecule has 2 rings (SSSR count). The first-order valence-electron chi connectivity index (χ1n) is 6.85. The number of benzene rings is 1. The van der Waals surface area contributed by atoms with E-state index in [4.69, 9.17) is 0 Å². The highest BCUT2D eigenvalue weighted by molar-refractivity contribution is 5.76. The lowest BCUT2D eigenvalue weighted by molar-refractivity contribution is -0.383. The van der Waals surface area contributed by atoms with E-state index in [0.717, 1.165) is 0 Å². The Labute approximate surface area is 123 Å². The van der Waals surface area contributed by atoms with E-state index < -0.39 is 0 Å². The molecule has 7 nitrogen and oxygen atoms in total. The minimum atomic E-state index is -0.357. The summed E-state index contributed by atoms with van der Waals surface area (Å²) < 4.78 is 1.93. The molecule has 112 valence electrons. The molecule has 7 heteroatoms. The van der Waals surface area contributed by atoms with Crippen molar-refractivity contribution >= 4 is 17.1 Å². The van der Waals surface area contributed by atoms with Crippen LogP contribution in [0.5, 0.6) is 0 Å². The fraction of sp³-hybridized carbons (Fsp3) is 0.357. The number of nitrogens with zero attached hydrogens (tertiary/aromatic N) is 3. The number of rotatable bonds is 7. The van der Waals surface area contributed by atoms with Crippen molar-refractivity contribution in [3.63, 3.8) is 0 Å². The van der Waals surface area contributed by atoms with Crippen LogP contribution in [0.2, 0.25) is 0 Å². The molecule has 0 spiro atoms. The van der Waals surface area contributed by atoms with Gasteiger partial charge in [-0.25, -0.2) is 4.98 Å². The number of hydrogen-bond donors (Lipinski definition) is 2. The molecule has 1 atom stereocenters. The summed E-state index contributed by atoms with van der Waals surface area (Å²) in [6.07, 6.45) is 5.30. The van der Waals surface area contributed by atoms with E-state index in [1.165, 1.54) is 0 Å². The van der Waals surface area contributed by atoms with Crippen LogP contribution in [-0.4, -0.2) is 27.1 Å². The fourth-order valence-corrected chi connectivity index (χ4v) is 2.21. The first-order valence-corrected chi connectivity index (χ1v) is 6.85. The van der Waals surface area contributed by atoms with Crippen molar-refractivity contribution in [2.75, 3.05) is 17.2 Å². The predicted octanol–water partition coefficient (Wildman–Crippen LogP) is 2.72. The first-order chi connectivity index (χ1) is 10.1. The van der Waals surface area contributed by atoms with Crippen molar-refractivity contribution in [1.29, 1.82) is 0 Å². The zero-order valence-electron chi connectivity index (χ0n) is 12.1. The lowest BCUT2D eigenvalue weighted by atomic mass is 10.2. The smallest absolute Gasteiger partial charge is 0.315 e. The van der Waals surface area contributed by atoms with E-state index in [2.05, 4.69) is 15.6 Å². The summed E-state index contributed by atoms with van der Waals surface area (Å²) in [6, 6.07) is 5.28. The third kappa shape index (κ3) is 3.71. The number of aromatic nitrogens is 2. The van der Waals surface area contributed by atoms with Gasteiger partial charge in [0.2, 0.25) is 0 Å². The third-order valence-corrected chi connectivity index (χ3v) is 3.03. The molecule has 0 saturated heterocycles. The summed E-state index contributed by atoms with van der Waals surface area (Å²) in [7, 11) is 0. The van der Waals surface area contributed by atoms with E-state index >= 15 is 0 Å². The minimum Gasteiger partial charge on any atom is -0.380 e. The minimum absolute atomic E-state index is 0.0368. The van der Waals surface area contributed by atoms with E-state index in [0.29, 0.717) is 24.5 Å². The Hall–Kier alpha value is -2.57. The van der Waals surface area contributed by atoms with Gasteiger partial charge in [-0.1, -0.05) is 6.07 Å². The fourth-order valence-electron chi connectivity index (χ4n) is 2.21. The molecular formula is C14H19N5O2. The van der Waals surface area contributed by atoms with Gasteiger partial charge in [0.05, 0.1) is 11.3 Å². The average Bonchev–Trinajstić information content (AvgIpc) is 2.91. The highest BCUT2D eigenvalue weighted by Crippen LogP contribution is 2.33. The number of nitrogens with one attached hydrogen (secondary N) is 2. The summed E-state index contributed by atoms with van der Waals surface area (Å²) in [4.78, 5) is 15.0. The Kier molecular flexibility index (Phi) is 4.76. The predicted molar refractivity (Wildman–Crippen MR) is 82.6 cm³/mol. The number of para-hydroxylation sites is 1. The maximum atomic E-state index is 11.3. The Morgan fingerprint density at radius 2 is 2.19 bits per heavy atom. The maximum Gasteiger partial charge on any atom is 0.315 e. The van der Waals surface area contributed by atoms with E-state index in [1.54, 1.807) is 30.7 Å². The number of anilines is 2. The van der Waals surface area contributed by atoms with Crippen LogP contribution in [0.15, 0.2) is 36.9 Å². The third-order valence-electron chi connectivity index (χ3n) is 3.03. The van der Waals surface area contributed by atoms with Crippen LogP contribution in [0, 0.1) is 10.1 Å². The van der Waals surface area contributed by atoms with Gasteiger partial charge in [-0.15, -0.1) is 0 Å². The van der Waals surface area contributed by atoms with Crippen molar-refractivity contribution in [2.24, 2.45) is 0 Å². The normalized spacial score (nSPS) is 11.9. The molecule has 0 bridgehead atoms. The molecule has 21 heavy (non-hydrogen) atoms. The molecule has 0 aliphatic rings. The maximum absolute atomic E-state index is 11.3. The summed E-state index contributed by atoms with van der Waals surface area (Å²) in [5.41, 5.74) is 1.13. The molecule has 1 aromatic carbocycles. The van der Waals surface area contributed by atoms with Gasteiger partial charge in [0.15, 0.2) is 0 Å². The lowest BCUT2D eigenvalue weighted by Crippen LogP contribution is -2.22. The van der Waals surface area contributed by atoms with E-state index in [-0.39, 0.29) is 16.7 Å². The molecule has 0 fully saturated rings. The lowest BCUT2D eigenvalue weighted by Gasteiger charge is -2.17. The van der Waals surface area contributed by atoms with Gasteiger partial charge in [0.1, 0.15) is 11.4 Å². The molecule has 0 radical (unpaired) electrons. The van der Waals surface area contributed by atoms with Crippen molar-refractivity contribution in [3.05, 3.63) is 47.0 Å². The van der Waals surface area contributed by atoms with E-state index in [1.807, 2.05) is 24.6 Å². The van der Waals surface area contributed by atoms with Crippen LogP contribution < -0.4 is 10.6 Å². The zero-order chi connectivity index (χ0) is 15.2. The molecule has 0 saturated carbocycles. The standard InChI is InChI=1S/C14H19N5O2/c1-3-16-12-5-4-6-13(14(12)19(20)21)17-11(2)9-18-8-7-15-10-18/h4-8,10-11,16-17H,3,9H2,1-2H3. The SMILES string of the molecule is CCNc1cccc(NC(C)Cn2ccnc2)c1[N+](=O)[O-]. The van der Waals surface area contributed by atoms with Crippen LogP contribution in [0.1, 0.15) is 13.8 Å². The number of nitro benzene ring substituents is 1. The average molecular weight is 289 g/mol. The van der Waals surface area contributed by atoms with Crippen LogP contribution in [0.25, 0.3) is 0 Å². The highest BCUT2D eigenvalue weighted by atomic mass is 16.6. The van der Waals surface area contributed by atoms with E-state index in [9.17, 15) is 10.1 Å². The zero-order valence-corrected chi connectivity index (χ0v) is 12.1. The molecule has 2 N–H and O–H groups in total. The monoisotopic (exact) mass is 289 g/mol. The van der Waals surface area contributed by atoms with Gasteiger partial charge in [-0.05, 0) is 26.0 Å². The molecule has 1 unspecified atom stereocenters. The molecule has 0 amide bonds. The Morgan fingerprint density at radius 3 is 2.81 bits per heavy atom. The second kappa shape index (κ2) is 6.74. The van der Waals surface area contributed by atoms with Crippen molar-refractivity contribution < 1.29 is 4.92 Å². The Morgan fingerprint density at radius 1 is 1.43 bits per heavy atom. The Balaban J connectivity index is 2.18. The van der Waals surface area contributed by atoms with Crippen molar-refractivity contribution in [1.82, 2.24) is 9.55 Å². The number of hydrogen-bond acceptors (Lipinski definition) is 5. The van der Waals surface area contributed by atoms with Crippen molar-refractivity contribution in [3.8, 4) is 0 Å². The molecular weight excluding hydrogens is 270 g/mol. The molecule has 0 aliphatic carbocycles. The van der Waals surface area contributed by atoms with Gasteiger partial charge in [0, 0.05) is 31.5 Å². The van der Waals surface area contributed by atoms with Crippen molar-refractivity contribution in [2.45, 2.75) is 26.4 Å². The number of nitro groups is 1. The van der Waals surface area contributed by atoms with Crippen LogP contribution in [0.3, 0.4) is 0 Å². The van der Waals surface area contributed by atoms with Crippen LogP contribution in [-0.2, 0) is 6.54 Å². The topological polar surface area (TPSA) is 85.0 Å². The molecule has 1 aromatic heterocycles. The van der Waals surface area contributed by atoms with Gasteiger partial charge >= 0.3 is 5.69 Å². The summed E-state index contributed by atoms with van der Waals surface area (Å²) in [5.74, 6) is 0. The van der Waals surface area contributed by atoms with Gasteiger partial charge in [-0.2, -0.15) is 0 Å². The van der Waals surface area contributed by atoms with Gasteiger partial charge < -0.3 is 15.2 Å². The second-order valence-electron chi connectivity index (χ2n) is 4.79. The summed E-state index contributed by atoms with van der Waals surface area (Å²) in [5, 5.41) is 17.5. The molecule has 1 heterocycles. The van der Waals surface area contributed by atoms with Gasteiger partial charge in [0.25, 0.3) is 0 Å². The highest BCUT2D eigenvalue weighted by Gasteiger charge is 2.20. The number of imidazole rings is 1.